The fraction of sp³-hybridized carbons (Fsp3) is 0.375. The summed E-state index contributed by atoms with van der Waals surface area (Å²) in [5.74, 6) is -6.01. The average molecular weight is 344 g/mol. The Labute approximate surface area is 113 Å². The summed E-state index contributed by atoms with van der Waals surface area (Å²) in [5.41, 5.74) is -7.45. The van der Waals surface area contributed by atoms with E-state index in [4.69, 9.17) is 11.6 Å². The van der Waals surface area contributed by atoms with Crippen molar-refractivity contribution in [1.29, 1.82) is 0 Å². The van der Waals surface area contributed by atoms with Gasteiger partial charge in [0.25, 0.3) is 0 Å². The van der Waals surface area contributed by atoms with Crippen molar-refractivity contribution >= 4 is 21.7 Å². The number of hydrogen-bond acceptors (Lipinski definition) is 4. The summed E-state index contributed by atoms with van der Waals surface area (Å²) in [6.45, 7) is -2.25. The molecule has 0 radical (unpaired) electrons. The first-order chi connectivity index (χ1) is 8.87. The minimum absolute atomic E-state index is 0.328. The molecule has 4 nitrogen and oxygen atoms in total. The summed E-state index contributed by atoms with van der Waals surface area (Å²) in [5, 5.41) is -0.328. The number of aromatic nitrogens is 1. The van der Waals surface area contributed by atoms with Crippen LogP contribution in [-0.2, 0) is 20.2 Å². The van der Waals surface area contributed by atoms with Crippen molar-refractivity contribution in [3.63, 3.8) is 0 Å². The van der Waals surface area contributed by atoms with Crippen molar-refractivity contribution in [1.82, 2.24) is 4.98 Å². The molecule has 0 atom stereocenters. The number of hydrogen-bond donors (Lipinski definition) is 0. The van der Waals surface area contributed by atoms with Gasteiger partial charge >= 0.3 is 21.5 Å². The van der Waals surface area contributed by atoms with Gasteiger partial charge in [0.2, 0.25) is 0 Å². The van der Waals surface area contributed by atoms with E-state index in [-0.39, 0.29) is 5.02 Å². The Hall–Kier alpha value is -1.07. The first kappa shape index (κ1) is 17.0. The number of alkyl halides is 5. The second-order valence-corrected chi connectivity index (χ2v) is 5.39. The average Bonchev–Trinajstić information content (AvgIpc) is 2.24. The number of halogens is 7. The molecule has 0 saturated heterocycles. The second-order valence-electron chi connectivity index (χ2n) is 3.35. The van der Waals surface area contributed by atoms with Gasteiger partial charge < -0.3 is 0 Å². The molecule has 114 valence electrons. The number of nitrogens with zero attached hydrogens (tertiary/aromatic N) is 1. The minimum atomic E-state index is -6.22. The SMILES string of the molecule is O=S(=O)(OCC(F)(F)c1ncc(Cl)cc1F)C(F)(F)F. The Morgan fingerprint density at radius 3 is 2.25 bits per heavy atom. The van der Waals surface area contributed by atoms with Crippen LogP contribution < -0.4 is 0 Å². The van der Waals surface area contributed by atoms with Gasteiger partial charge in [-0.2, -0.15) is 30.4 Å². The summed E-state index contributed by atoms with van der Waals surface area (Å²) in [4.78, 5) is 2.90. The molecule has 0 fully saturated rings. The molecule has 1 aromatic rings. The third-order valence-corrected chi connectivity index (χ3v) is 3.03. The van der Waals surface area contributed by atoms with Crippen LogP contribution in [0.25, 0.3) is 0 Å². The van der Waals surface area contributed by atoms with Gasteiger partial charge in [0, 0.05) is 6.20 Å². The molecule has 1 heterocycles. The van der Waals surface area contributed by atoms with Gasteiger partial charge in [-0.25, -0.2) is 4.39 Å². The molecular weight excluding hydrogens is 340 g/mol. The third kappa shape index (κ3) is 3.73. The lowest BCUT2D eigenvalue weighted by atomic mass is 10.2. The van der Waals surface area contributed by atoms with E-state index in [1.54, 1.807) is 0 Å². The van der Waals surface area contributed by atoms with Crippen molar-refractivity contribution in [2.24, 2.45) is 0 Å². The molecule has 0 aliphatic carbocycles. The second kappa shape index (κ2) is 5.37. The van der Waals surface area contributed by atoms with Crippen LogP contribution in [0.1, 0.15) is 5.69 Å². The molecule has 0 N–H and O–H groups in total. The Balaban J connectivity index is 2.96. The van der Waals surface area contributed by atoms with E-state index in [1.165, 1.54) is 0 Å². The highest BCUT2D eigenvalue weighted by atomic mass is 35.5. The molecule has 0 amide bonds. The first-order valence-electron chi connectivity index (χ1n) is 4.52. The van der Waals surface area contributed by atoms with Gasteiger partial charge in [-0.3, -0.25) is 9.17 Å². The number of rotatable bonds is 4. The molecule has 0 spiro atoms. The van der Waals surface area contributed by atoms with E-state index in [9.17, 15) is 34.8 Å². The fourth-order valence-electron chi connectivity index (χ4n) is 0.970. The van der Waals surface area contributed by atoms with Crippen molar-refractivity contribution < 1.29 is 38.9 Å². The molecule has 0 aliphatic heterocycles. The van der Waals surface area contributed by atoms with Gasteiger partial charge in [0.15, 0.2) is 5.82 Å². The third-order valence-electron chi connectivity index (χ3n) is 1.83. The molecule has 0 bridgehead atoms. The summed E-state index contributed by atoms with van der Waals surface area (Å²) < 4.78 is 99.6. The Morgan fingerprint density at radius 1 is 1.25 bits per heavy atom. The van der Waals surface area contributed by atoms with E-state index in [2.05, 4.69) is 9.17 Å². The Bertz CT molecular complexity index is 603. The highest BCUT2D eigenvalue weighted by Gasteiger charge is 2.50. The van der Waals surface area contributed by atoms with Gasteiger partial charge in [-0.05, 0) is 6.07 Å². The summed E-state index contributed by atoms with van der Waals surface area (Å²) in [6, 6.07) is 0.441. The first-order valence-corrected chi connectivity index (χ1v) is 6.30. The zero-order valence-corrected chi connectivity index (χ0v) is 10.7. The van der Waals surface area contributed by atoms with Gasteiger partial charge in [-0.15, -0.1) is 0 Å². The quantitative estimate of drug-likeness (QED) is 0.479. The van der Waals surface area contributed by atoms with Crippen LogP contribution in [-0.4, -0.2) is 25.5 Å². The van der Waals surface area contributed by atoms with Gasteiger partial charge in [0.1, 0.15) is 12.3 Å². The summed E-state index contributed by atoms with van der Waals surface area (Å²) in [7, 11) is -6.22. The summed E-state index contributed by atoms with van der Waals surface area (Å²) >= 11 is 5.25. The maximum absolute atomic E-state index is 13.4. The fourth-order valence-corrected chi connectivity index (χ4v) is 1.55. The molecule has 1 rings (SSSR count). The van der Waals surface area contributed by atoms with Gasteiger partial charge in [0.05, 0.1) is 5.02 Å². The van der Waals surface area contributed by atoms with Crippen molar-refractivity contribution in [2.75, 3.05) is 6.61 Å². The zero-order valence-electron chi connectivity index (χ0n) is 9.09. The molecule has 0 unspecified atom stereocenters. The van der Waals surface area contributed by atoms with Crippen molar-refractivity contribution in [3.8, 4) is 0 Å². The zero-order chi connectivity index (χ0) is 15.8. The van der Waals surface area contributed by atoms with Crippen LogP contribution in [0.5, 0.6) is 0 Å². The standard InChI is InChI=1S/C8H4ClF6NO3S/c9-4-1-5(10)6(16-2-4)7(11,12)3-19-20(17,18)8(13,14)15/h1-2H,3H2. The van der Waals surface area contributed by atoms with E-state index in [0.717, 1.165) is 0 Å². The summed E-state index contributed by atoms with van der Waals surface area (Å²) in [6.07, 6.45) is 0.617. The smallest absolute Gasteiger partial charge is 0.256 e. The molecule has 1 aromatic heterocycles. The van der Waals surface area contributed by atoms with Crippen LogP contribution in [0.15, 0.2) is 12.3 Å². The molecule has 0 aromatic carbocycles. The van der Waals surface area contributed by atoms with Crippen LogP contribution in [0.3, 0.4) is 0 Å². The van der Waals surface area contributed by atoms with Crippen LogP contribution in [0.4, 0.5) is 26.3 Å². The lowest BCUT2D eigenvalue weighted by Gasteiger charge is -2.16. The van der Waals surface area contributed by atoms with Crippen LogP contribution in [0.2, 0.25) is 5.02 Å². The normalized spacial score (nSPS) is 13.6. The molecule has 20 heavy (non-hydrogen) atoms. The lowest BCUT2D eigenvalue weighted by molar-refractivity contribution is -0.0774. The topological polar surface area (TPSA) is 56.3 Å². The molecular formula is C8H4ClF6NO3S. The predicted octanol–water partition coefficient (Wildman–Crippen LogP) is 2.83. The van der Waals surface area contributed by atoms with E-state index < -0.39 is 39.7 Å². The predicted molar refractivity (Wildman–Crippen MR) is 54.0 cm³/mol. The highest BCUT2D eigenvalue weighted by Crippen LogP contribution is 2.32. The van der Waals surface area contributed by atoms with Crippen molar-refractivity contribution in [2.45, 2.75) is 11.4 Å². The highest BCUT2D eigenvalue weighted by molar-refractivity contribution is 7.87. The Morgan fingerprint density at radius 2 is 1.80 bits per heavy atom. The van der Waals surface area contributed by atoms with Crippen LogP contribution in [0, 0.1) is 5.82 Å². The Kier molecular flexibility index (Phi) is 4.56. The van der Waals surface area contributed by atoms with Crippen molar-refractivity contribution in [3.05, 3.63) is 28.8 Å². The maximum Gasteiger partial charge on any atom is 0.523 e. The largest absolute Gasteiger partial charge is 0.523 e. The number of pyridine rings is 1. The molecule has 0 saturated carbocycles. The molecule has 12 heteroatoms. The van der Waals surface area contributed by atoms with E-state index in [0.29, 0.717) is 12.3 Å². The van der Waals surface area contributed by atoms with E-state index in [1.807, 2.05) is 0 Å². The van der Waals surface area contributed by atoms with Crippen LogP contribution >= 0.6 is 11.6 Å². The monoisotopic (exact) mass is 343 g/mol. The van der Waals surface area contributed by atoms with E-state index >= 15 is 0 Å². The maximum atomic E-state index is 13.4. The lowest BCUT2D eigenvalue weighted by Crippen LogP contribution is -2.31. The minimum Gasteiger partial charge on any atom is -0.256 e. The molecule has 0 aliphatic rings. The van der Waals surface area contributed by atoms with Gasteiger partial charge in [-0.1, -0.05) is 11.6 Å².